The number of amides is 1. The van der Waals surface area contributed by atoms with Crippen LogP contribution in [0.2, 0.25) is 5.02 Å². The van der Waals surface area contributed by atoms with E-state index in [1.807, 2.05) is 39.1 Å². The summed E-state index contributed by atoms with van der Waals surface area (Å²) < 4.78 is 8.56. The zero-order valence-corrected chi connectivity index (χ0v) is 15.8. The highest BCUT2D eigenvalue weighted by molar-refractivity contribution is 9.10. The highest BCUT2D eigenvalue weighted by Crippen LogP contribution is 2.34. The van der Waals surface area contributed by atoms with Crippen molar-refractivity contribution in [2.75, 3.05) is 13.1 Å². The maximum atomic E-state index is 12.2. The first kappa shape index (κ1) is 16.7. The SMILES string of the molecule is CC(C)(C)OC(=O)N1CCC(n2ccc3c(Cl)c(Br)ccc32)C1. The molecule has 1 amide bonds. The van der Waals surface area contributed by atoms with Gasteiger partial charge in [0.05, 0.1) is 11.1 Å². The average molecular weight is 400 g/mol. The molecule has 1 saturated heterocycles. The lowest BCUT2D eigenvalue weighted by Gasteiger charge is -2.24. The van der Waals surface area contributed by atoms with Crippen LogP contribution in [0.4, 0.5) is 4.79 Å². The van der Waals surface area contributed by atoms with Gasteiger partial charge >= 0.3 is 6.09 Å². The molecule has 4 nitrogen and oxygen atoms in total. The van der Waals surface area contributed by atoms with E-state index in [4.69, 9.17) is 16.3 Å². The summed E-state index contributed by atoms with van der Waals surface area (Å²) in [5.74, 6) is 0. The fourth-order valence-electron chi connectivity index (χ4n) is 2.95. The summed E-state index contributed by atoms with van der Waals surface area (Å²) in [7, 11) is 0. The minimum atomic E-state index is -0.463. The van der Waals surface area contributed by atoms with Crippen molar-refractivity contribution in [1.29, 1.82) is 0 Å². The monoisotopic (exact) mass is 398 g/mol. The lowest BCUT2D eigenvalue weighted by Crippen LogP contribution is -2.35. The number of fused-ring (bicyclic) bond motifs is 1. The molecule has 0 aliphatic carbocycles. The molecule has 0 saturated carbocycles. The van der Waals surface area contributed by atoms with E-state index in [9.17, 15) is 4.79 Å². The molecule has 23 heavy (non-hydrogen) atoms. The van der Waals surface area contributed by atoms with Gasteiger partial charge in [-0.15, -0.1) is 0 Å². The highest BCUT2D eigenvalue weighted by Gasteiger charge is 2.31. The van der Waals surface area contributed by atoms with E-state index < -0.39 is 5.60 Å². The molecule has 0 radical (unpaired) electrons. The molecule has 0 N–H and O–H groups in total. The maximum absolute atomic E-state index is 12.2. The topological polar surface area (TPSA) is 34.5 Å². The molecule has 2 heterocycles. The number of likely N-dealkylation sites (tertiary alicyclic amines) is 1. The Kier molecular flexibility index (Phi) is 4.36. The van der Waals surface area contributed by atoms with Crippen molar-refractivity contribution < 1.29 is 9.53 Å². The van der Waals surface area contributed by atoms with Crippen LogP contribution in [0.5, 0.6) is 0 Å². The largest absolute Gasteiger partial charge is 0.444 e. The van der Waals surface area contributed by atoms with Gasteiger partial charge in [0.1, 0.15) is 5.60 Å². The Bertz CT molecular complexity index is 751. The van der Waals surface area contributed by atoms with Crippen LogP contribution >= 0.6 is 27.5 Å². The number of nitrogens with zero attached hydrogens (tertiary/aromatic N) is 2. The van der Waals surface area contributed by atoms with Crippen molar-refractivity contribution in [3.05, 3.63) is 33.9 Å². The third kappa shape index (κ3) is 3.36. The summed E-state index contributed by atoms with van der Waals surface area (Å²) in [4.78, 5) is 14.0. The fourth-order valence-corrected chi connectivity index (χ4v) is 3.52. The number of aromatic nitrogens is 1. The smallest absolute Gasteiger partial charge is 0.410 e. The van der Waals surface area contributed by atoms with E-state index in [2.05, 4.69) is 26.6 Å². The van der Waals surface area contributed by atoms with E-state index in [0.29, 0.717) is 13.1 Å². The minimum absolute atomic E-state index is 0.239. The van der Waals surface area contributed by atoms with Crippen molar-refractivity contribution in [3.8, 4) is 0 Å². The Morgan fingerprint density at radius 1 is 1.35 bits per heavy atom. The molecule has 1 atom stereocenters. The maximum Gasteiger partial charge on any atom is 0.410 e. The van der Waals surface area contributed by atoms with Gasteiger partial charge in [0.25, 0.3) is 0 Å². The Morgan fingerprint density at radius 2 is 2.09 bits per heavy atom. The average Bonchev–Trinajstić information content (AvgIpc) is 3.07. The first-order valence-corrected chi connectivity index (χ1v) is 8.86. The molecule has 124 valence electrons. The van der Waals surface area contributed by atoms with Crippen LogP contribution in [0.25, 0.3) is 10.9 Å². The molecule has 1 unspecified atom stereocenters. The summed E-state index contributed by atoms with van der Waals surface area (Å²) in [6.45, 7) is 7.03. The predicted octanol–water partition coefficient (Wildman–Crippen LogP) is 5.24. The second kappa shape index (κ2) is 6.02. The number of hydrogen-bond donors (Lipinski definition) is 0. The van der Waals surface area contributed by atoms with Gasteiger partial charge < -0.3 is 14.2 Å². The van der Waals surface area contributed by atoms with Crippen molar-refractivity contribution in [2.24, 2.45) is 0 Å². The summed E-state index contributed by atoms with van der Waals surface area (Å²) in [6.07, 6.45) is 2.72. The molecule has 1 aliphatic rings. The molecule has 1 aromatic heterocycles. The number of carbonyl (C=O) groups is 1. The minimum Gasteiger partial charge on any atom is -0.444 e. The molecule has 0 bridgehead atoms. The second-order valence-electron chi connectivity index (χ2n) is 6.89. The molecule has 1 fully saturated rings. The number of halogens is 2. The summed E-state index contributed by atoms with van der Waals surface area (Å²) in [5.41, 5.74) is 0.629. The molecule has 1 aromatic carbocycles. The van der Waals surface area contributed by atoms with E-state index >= 15 is 0 Å². The number of rotatable bonds is 1. The predicted molar refractivity (Wildman–Crippen MR) is 96.1 cm³/mol. The van der Waals surface area contributed by atoms with Gasteiger partial charge in [-0.2, -0.15) is 0 Å². The van der Waals surface area contributed by atoms with E-state index in [-0.39, 0.29) is 12.1 Å². The highest BCUT2D eigenvalue weighted by atomic mass is 79.9. The first-order chi connectivity index (χ1) is 10.8. The van der Waals surface area contributed by atoms with E-state index in [0.717, 1.165) is 26.8 Å². The van der Waals surface area contributed by atoms with Gasteiger partial charge in [-0.25, -0.2) is 4.79 Å². The van der Waals surface area contributed by atoms with Crippen LogP contribution in [0.15, 0.2) is 28.9 Å². The van der Waals surface area contributed by atoms with Crippen molar-refractivity contribution in [1.82, 2.24) is 9.47 Å². The molecule has 0 spiro atoms. The normalized spacial score (nSPS) is 18.7. The van der Waals surface area contributed by atoms with E-state index in [1.54, 1.807) is 4.90 Å². The molecule has 2 aromatic rings. The van der Waals surface area contributed by atoms with Crippen LogP contribution in [-0.2, 0) is 4.74 Å². The van der Waals surface area contributed by atoms with Crippen LogP contribution in [0.1, 0.15) is 33.2 Å². The summed E-state index contributed by atoms with van der Waals surface area (Å²) >= 11 is 9.81. The van der Waals surface area contributed by atoms with Crippen LogP contribution in [0, 0.1) is 0 Å². The van der Waals surface area contributed by atoms with Crippen molar-refractivity contribution in [3.63, 3.8) is 0 Å². The molecule has 1 aliphatic heterocycles. The third-order valence-corrected chi connectivity index (χ3v) is 5.29. The van der Waals surface area contributed by atoms with Gasteiger partial charge in [-0.3, -0.25) is 0 Å². The number of benzene rings is 1. The van der Waals surface area contributed by atoms with Gasteiger partial charge in [0, 0.05) is 34.7 Å². The van der Waals surface area contributed by atoms with Gasteiger partial charge in [-0.05, 0) is 61.3 Å². The Hall–Kier alpha value is -1.20. The first-order valence-electron chi connectivity index (χ1n) is 7.69. The lowest BCUT2D eigenvalue weighted by atomic mass is 10.2. The number of hydrogen-bond acceptors (Lipinski definition) is 2. The lowest BCUT2D eigenvalue weighted by molar-refractivity contribution is 0.0289. The van der Waals surface area contributed by atoms with Gasteiger partial charge in [0.2, 0.25) is 0 Å². The zero-order chi connectivity index (χ0) is 16.8. The molecular weight excluding hydrogens is 380 g/mol. The fraction of sp³-hybridized carbons (Fsp3) is 0.471. The second-order valence-corrected chi connectivity index (χ2v) is 8.12. The zero-order valence-electron chi connectivity index (χ0n) is 13.5. The molecular formula is C17H20BrClN2O2. The van der Waals surface area contributed by atoms with E-state index in [1.165, 1.54) is 0 Å². The van der Waals surface area contributed by atoms with Crippen molar-refractivity contribution >= 4 is 44.5 Å². The molecule has 6 heteroatoms. The Labute approximate surface area is 149 Å². The van der Waals surface area contributed by atoms with Crippen molar-refractivity contribution in [2.45, 2.75) is 38.8 Å². The Balaban J connectivity index is 1.80. The van der Waals surface area contributed by atoms with Crippen LogP contribution < -0.4 is 0 Å². The third-order valence-electron chi connectivity index (χ3n) is 4.00. The number of ether oxygens (including phenoxy) is 1. The molecule has 3 rings (SSSR count). The quantitative estimate of drug-likeness (QED) is 0.657. The standard InChI is InChI=1S/C17H20BrClN2O2/c1-17(2,3)23-16(22)20-8-6-11(10-20)21-9-7-12-14(21)5-4-13(18)15(12)19/h4-5,7,9,11H,6,8,10H2,1-3H3. The Morgan fingerprint density at radius 3 is 2.78 bits per heavy atom. The number of carbonyl (C=O) groups excluding carboxylic acids is 1. The van der Waals surface area contributed by atoms with Gasteiger partial charge in [0.15, 0.2) is 0 Å². The van der Waals surface area contributed by atoms with Gasteiger partial charge in [-0.1, -0.05) is 11.6 Å². The van der Waals surface area contributed by atoms with Crippen LogP contribution in [0.3, 0.4) is 0 Å². The summed E-state index contributed by atoms with van der Waals surface area (Å²) in [6, 6.07) is 6.29. The summed E-state index contributed by atoms with van der Waals surface area (Å²) in [5, 5.41) is 1.75. The van der Waals surface area contributed by atoms with Crippen LogP contribution in [-0.4, -0.2) is 34.3 Å².